The number of nitrogens with one attached hydrogen (secondary N) is 1. The van der Waals surface area contributed by atoms with E-state index >= 15 is 0 Å². The van der Waals surface area contributed by atoms with Gasteiger partial charge in [0, 0.05) is 57.7 Å². The van der Waals surface area contributed by atoms with Gasteiger partial charge in [0.25, 0.3) is 0 Å². The summed E-state index contributed by atoms with van der Waals surface area (Å²) in [5.41, 5.74) is 0.892. The largest absolute Gasteiger partial charge is 0.368 e. The number of carbonyl (C=O) groups is 1. The Morgan fingerprint density at radius 3 is 2.29 bits per heavy atom. The fourth-order valence-electron chi connectivity index (χ4n) is 3.61. The van der Waals surface area contributed by atoms with E-state index in [1.807, 2.05) is 0 Å². The molecule has 156 valence electrons. The van der Waals surface area contributed by atoms with Crippen molar-refractivity contribution in [2.24, 2.45) is 5.92 Å². The van der Waals surface area contributed by atoms with Crippen molar-refractivity contribution in [2.45, 2.75) is 25.2 Å². The van der Waals surface area contributed by atoms with Gasteiger partial charge in [-0.15, -0.1) is 0 Å². The van der Waals surface area contributed by atoms with Crippen molar-refractivity contribution < 1.29 is 26.4 Å². The van der Waals surface area contributed by atoms with Gasteiger partial charge in [0.05, 0.1) is 5.75 Å². The van der Waals surface area contributed by atoms with Gasteiger partial charge in [0.1, 0.15) is 5.82 Å². The van der Waals surface area contributed by atoms with Crippen LogP contribution in [0.2, 0.25) is 0 Å². The summed E-state index contributed by atoms with van der Waals surface area (Å²) in [5.74, 6) is -4.05. The van der Waals surface area contributed by atoms with Crippen LogP contribution >= 0.6 is 0 Å². The van der Waals surface area contributed by atoms with Gasteiger partial charge in [-0.3, -0.25) is 4.79 Å². The zero-order valence-electron chi connectivity index (χ0n) is 15.4. The second-order valence-corrected chi connectivity index (χ2v) is 9.25. The summed E-state index contributed by atoms with van der Waals surface area (Å²) in [6, 6.07) is 6.17. The number of sulfonamides is 1. The first kappa shape index (κ1) is 20.9. The number of anilines is 1. The van der Waals surface area contributed by atoms with Gasteiger partial charge in [0.2, 0.25) is 21.9 Å². The SMILES string of the molecule is O=C(CCNS(=O)(=O)CC1CC(F)(F)C1)N1CCN(c2ccc(F)cc2)CC1. The Morgan fingerprint density at radius 2 is 1.71 bits per heavy atom. The maximum absolute atomic E-state index is 13.0. The van der Waals surface area contributed by atoms with Crippen LogP contribution in [0.1, 0.15) is 19.3 Å². The van der Waals surface area contributed by atoms with E-state index in [0.29, 0.717) is 26.2 Å². The van der Waals surface area contributed by atoms with E-state index in [2.05, 4.69) is 9.62 Å². The third kappa shape index (κ3) is 5.60. The molecule has 0 radical (unpaired) electrons. The fraction of sp³-hybridized carbons (Fsp3) is 0.611. The standard InChI is InChI=1S/C18H24F3N3O3S/c19-15-1-3-16(4-2-15)23-7-9-24(10-8-23)17(25)5-6-22-28(26,27)13-14-11-18(20,21)12-14/h1-4,14,22H,5-13H2. The van der Waals surface area contributed by atoms with Gasteiger partial charge in [0.15, 0.2) is 0 Å². The molecule has 2 fully saturated rings. The molecule has 1 heterocycles. The fourth-order valence-corrected chi connectivity index (χ4v) is 5.00. The quantitative estimate of drug-likeness (QED) is 0.732. The molecule has 1 aliphatic carbocycles. The summed E-state index contributed by atoms with van der Waals surface area (Å²) >= 11 is 0. The summed E-state index contributed by atoms with van der Waals surface area (Å²) in [6.45, 7) is 2.18. The van der Waals surface area contributed by atoms with Crippen molar-refractivity contribution in [3.63, 3.8) is 0 Å². The molecule has 6 nitrogen and oxygen atoms in total. The molecule has 1 aromatic carbocycles. The lowest BCUT2D eigenvalue weighted by molar-refractivity contribution is -0.131. The molecule has 1 N–H and O–H groups in total. The Kier molecular flexibility index (Phi) is 6.18. The number of hydrogen-bond acceptors (Lipinski definition) is 4. The molecule has 2 aliphatic rings. The topological polar surface area (TPSA) is 69.7 Å². The van der Waals surface area contributed by atoms with Crippen LogP contribution in [0.4, 0.5) is 18.9 Å². The number of hydrogen-bond donors (Lipinski definition) is 1. The van der Waals surface area contributed by atoms with Crippen LogP contribution in [0.5, 0.6) is 0 Å². The lowest BCUT2D eigenvalue weighted by Gasteiger charge is -2.36. The molecule has 28 heavy (non-hydrogen) atoms. The molecular weight excluding hydrogens is 395 g/mol. The highest BCUT2D eigenvalue weighted by Crippen LogP contribution is 2.42. The predicted octanol–water partition coefficient (Wildman–Crippen LogP) is 1.83. The maximum Gasteiger partial charge on any atom is 0.248 e. The molecule has 1 amide bonds. The van der Waals surface area contributed by atoms with E-state index in [1.165, 1.54) is 12.1 Å². The lowest BCUT2D eigenvalue weighted by Crippen LogP contribution is -2.49. The number of carbonyl (C=O) groups excluding carboxylic acids is 1. The molecule has 10 heteroatoms. The smallest absolute Gasteiger partial charge is 0.248 e. The number of rotatable bonds is 7. The van der Waals surface area contributed by atoms with Crippen molar-refractivity contribution in [3.05, 3.63) is 30.1 Å². The van der Waals surface area contributed by atoms with Crippen LogP contribution in [-0.4, -0.2) is 63.6 Å². The minimum atomic E-state index is -3.66. The van der Waals surface area contributed by atoms with Crippen LogP contribution in [-0.2, 0) is 14.8 Å². The zero-order chi connectivity index (χ0) is 20.4. The molecule has 0 atom stereocenters. The minimum Gasteiger partial charge on any atom is -0.368 e. The van der Waals surface area contributed by atoms with E-state index < -0.39 is 34.7 Å². The lowest BCUT2D eigenvalue weighted by atomic mass is 9.83. The Labute approximate surface area is 162 Å². The number of nitrogens with zero attached hydrogens (tertiary/aromatic N) is 2. The van der Waals surface area contributed by atoms with Crippen molar-refractivity contribution >= 4 is 21.6 Å². The van der Waals surface area contributed by atoms with Crippen molar-refractivity contribution in [1.29, 1.82) is 0 Å². The number of piperazine rings is 1. The maximum atomic E-state index is 13.0. The molecule has 1 saturated heterocycles. The van der Waals surface area contributed by atoms with E-state index in [-0.39, 0.29) is 30.4 Å². The van der Waals surface area contributed by atoms with E-state index in [0.717, 1.165) is 5.69 Å². The Morgan fingerprint density at radius 1 is 1.11 bits per heavy atom. The van der Waals surface area contributed by atoms with Gasteiger partial charge in [-0.1, -0.05) is 0 Å². The highest BCUT2D eigenvalue weighted by molar-refractivity contribution is 7.89. The molecule has 0 spiro atoms. The first-order chi connectivity index (χ1) is 13.1. The molecule has 0 unspecified atom stereocenters. The highest BCUT2D eigenvalue weighted by Gasteiger charge is 2.46. The average Bonchev–Trinajstić information content (AvgIpc) is 2.60. The molecular formula is C18H24F3N3O3S. The van der Waals surface area contributed by atoms with Gasteiger partial charge in [-0.25, -0.2) is 26.3 Å². The molecule has 3 rings (SSSR count). The first-order valence-corrected chi connectivity index (χ1v) is 10.9. The summed E-state index contributed by atoms with van der Waals surface area (Å²) in [6.07, 6.45) is -0.771. The van der Waals surface area contributed by atoms with Crippen LogP contribution < -0.4 is 9.62 Å². The van der Waals surface area contributed by atoms with Gasteiger partial charge in [-0.05, 0) is 30.2 Å². The van der Waals surface area contributed by atoms with Crippen LogP contribution in [0.15, 0.2) is 24.3 Å². The van der Waals surface area contributed by atoms with Crippen LogP contribution in [0.3, 0.4) is 0 Å². The molecule has 1 aromatic rings. The van der Waals surface area contributed by atoms with E-state index in [4.69, 9.17) is 0 Å². The first-order valence-electron chi connectivity index (χ1n) is 9.27. The second kappa shape index (κ2) is 8.28. The summed E-state index contributed by atoms with van der Waals surface area (Å²) < 4.78 is 64.7. The van der Waals surface area contributed by atoms with Gasteiger partial charge in [-0.2, -0.15) is 0 Å². The molecule has 0 aromatic heterocycles. The van der Waals surface area contributed by atoms with Gasteiger partial charge >= 0.3 is 0 Å². The third-order valence-electron chi connectivity index (χ3n) is 5.11. The number of benzene rings is 1. The monoisotopic (exact) mass is 419 g/mol. The van der Waals surface area contributed by atoms with E-state index in [9.17, 15) is 26.4 Å². The average molecular weight is 419 g/mol. The van der Waals surface area contributed by atoms with Crippen LogP contribution in [0, 0.1) is 11.7 Å². The predicted molar refractivity (Wildman–Crippen MR) is 99.3 cm³/mol. The van der Waals surface area contributed by atoms with Crippen molar-refractivity contribution in [2.75, 3.05) is 43.4 Å². The Hall–Kier alpha value is -1.81. The van der Waals surface area contributed by atoms with Crippen molar-refractivity contribution in [3.8, 4) is 0 Å². The summed E-state index contributed by atoms with van der Waals surface area (Å²) in [5, 5.41) is 0. The zero-order valence-corrected chi connectivity index (χ0v) is 16.2. The molecule has 0 bridgehead atoms. The highest BCUT2D eigenvalue weighted by atomic mass is 32.2. The van der Waals surface area contributed by atoms with Gasteiger partial charge < -0.3 is 9.80 Å². The minimum absolute atomic E-state index is 0.0244. The Balaban J connectivity index is 1.37. The summed E-state index contributed by atoms with van der Waals surface area (Å²) in [7, 11) is -3.66. The van der Waals surface area contributed by atoms with E-state index in [1.54, 1.807) is 17.0 Å². The second-order valence-electron chi connectivity index (χ2n) is 7.40. The molecule has 1 aliphatic heterocycles. The number of alkyl halides is 2. The summed E-state index contributed by atoms with van der Waals surface area (Å²) in [4.78, 5) is 16.0. The number of amides is 1. The normalized spacial score (nSPS) is 20.1. The molecule has 1 saturated carbocycles. The van der Waals surface area contributed by atoms with Crippen LogP contribution in [0.25, 0.3) is 0 Å². The Bertz CT molecular complexity index is 786. The van der Waals surface area contributed by atoms with Crippen molar-refractivity contribution in [1.82, 2.24) is 9.62 Å². The third-order valence-corrected chi connectivity index (χ3v) is 6.67. The number of halogens is 3.